The second-order valence-electron chi connectivity index (χ2n) is 3.21. The minimum Gasteiger partial charge on any atom is -0.481 e. The summed E-state index contributed by atoms with van der Waals surface area (Å²) in [6, 6.07) is 3.39. The van der Waals surface area contributed by atoms with Gasteiger partial charge in [0.1, 0.15) is 5.92 Å². The molecule has 84 valence electrons. The third kappa shape index (κ3) is 1.62. The van der Waals surface area contributed by atoms with Crippen LogP contribution in [-0.2, 0) is 4.79 Å². The van der Waals surface area contributed by atoms with Gasteiger partial charge in [0, 0.05) is 12.7 Å². The van der Waals surface area contributed by atoms with Gasteiger partial charge in [0.05, 0.1) is 5.69 Å². The number of aromatic nitrogens is 3. The molecule has 2 rings (SSSR count). The SMILES string of the molecule is NCC(C(=O)O)c1nc2cccnn2c1Cl. The fourth-order valence-corrected chi connectivity index (χ4v) is 1.73. The molecule has 2 aromatic heterocycles. The number of hydrogen-bond acceptors (Lipinski definition) is 4. The highest BCUT2D eigenvalue weighted by molar-refractivity contribution is 6.30. The summed E-state index contributed by atoms with van der Waals surface area (Å²) in [7, 11) is 0. The second-order valence-corrected chi connectivity index (χ2v) is 3.57. The number of rotatable bonds is 3. The maximum Gasteiger partial charge on any atom is 0.314 e. The number of nitrogens with two attached hydrogens (primary N) is 1. The number of aliphatic carboxylic acids is 1. The topological polar surface area (TPSA) is 93.5 Å². The van der Waals surface area contributed by atoms with Crippen molar-refractivity contribution in [2.24, 2.45) is 5.73 Å². The Bertz CT molecular complexity index is 539. The molecule has 0 amide bonds. The van der Waals surface area contributed by atoms with Crippen LogP contribution in [0, 0.1) is 0 Å². The summed E-state index contributed by atoms with van der Waals surface area (Å²) in [6.45, 7) is -0.0566. The Balaban J connectivity index is 2.60. The Morgan fingerprint density at radius 3 is 3.00 bits per heavy atom. The molecule has 0 saturated carbocycles. The molecule has 2 heterocycles. The predicted octanol–water partition coefficient (Wildman–Crippen LogP) is 0.510. The smallest absolute Gasteiger partial charge is 0.314 e. The van der Waals surface area contributed by atoms with Gasteiger partial charge in [-0.15, -0.1) is 0 Å². The first kappa shape index (κ1) is 10.8. The van der Waals surface area contributed by atoms with E-state index in [0.29, 0.717) is 5.65 Å². The minimum atomic E-state index is -1.05. The molecule has 16 heavy (non-hydrogen) atoms. The zero-order valence-corrected chi connectivity index (χ0v) is 8.92. The third-order valence-corrected chi connectivity index (χ3v) is 2.58. The van der Waals surface area contributed by atoms with Crippen molar-refractivity contribution in [2.75, 3.05) is 6.54 Å². The van der Waals surface area contributed by atoms with Crippen LogP contribution in [0.2, 0.25) is 5.15 Å². The van der Waals surface area contributed by atoms with Crippen LogP contribution < -0.4 is 5.73 Å². The van der Waals surface area contributed by atoms with Crippen molar-refractivity contribution in [3.63, 3.8) is 0 Å². The molecule has 0 aliphatic heterocycles. The molecule has 6 nitrogen and oxygen atoms in total. The quantitative estimate of drug-likeness (QED) is 0.815. The number of nitrogens with zero attached hydrogens (tertiary/aromatic N) is 3. The van der Waals surface area contributed by atoms with E-state index in [1.807, 2.05) is 0 Å². The Morgan fingerprint density at radius 1 is 1.69 bits per heavy atom. The van der Waals surface area contributed by atoms with Crippen molar-refractivity contribution < 1.29 is 9.90 Å². The molecular weight excluding hydrogens is 232 g/mol. The highest BCUT2D eigenvalue weighted by Crippen LogP contribution is 2.24. The van der Waals surface area contributed by atoms with Gasteiger partial charge in [0.2, 0.25) is 0 Å². The third-order valence-electron chi connectivity index (χ3n) is 2.23. The maximum atomic E-state index is 11.0. The molecule has 0 fully saturated rings. The number of halogens is 1. The zero-order valence-electron chi connectivity index (χ0n) is 8.17. The van der Waals surface area contributed by atoms with Gasteiger partial charge in [-0.2, -0.15) is 5.10 Å². The molecule has 0 aliphatic rings. The van der Waals surface area contributed by atoms with E-state index in [1.165, 1.54) is 4.52 Å². The van der Waals surface area contributed by atoms with Gasteiger partial charge < -0.3 is 10.8 Å². The van der Waals surface area contributed by atoms with Crippen molar-refractivity contribution in [1.29, 1.82) is 0 Å². The number of carbonyl (C=O) groups is 1. The van der Waals surface area contributed by atoms with Crippen LogP contribution >= 0.6 is 11.6 Å². The van der Waals surface area contributed by atoms with Crippen molar-refractivity contribution in [2.45, 2.75) is 5.92 Å². The van der Waals surface area contributed by atoms with E-state index < -0.39 is 11.9 Å². The van der Waals surface area contributed by atoms with Gasteiger partial charge in [0.25, 0.3) is 0 Å². The summed E-state index contributed by atoms with van der Waals surface area (Å²) in [5.41, 5.74) is 6.14. The molecule has 0 saturated heterocycles. The molecule has 3 N–H and O–H groups in total. The fourth-order valence-electron chi connectivity index (χ4n) is 1.43. The number of carboxylic acids is 1. The summed E-state index contributed by atoms with van der Waals surface area (Å²) < 4.78 is 1.38. The number of hydrogen-bond donors (Lipinski definition) is 2. The number of fused-ring (bicyclic) bond motifs is 1. The van der Waals surface area contributed by atoms with E-state index in [4.69, 9.17) is 22.4 Å². The highest BCUT2D eigenvalue weighted by Gasteiger charge is 2.25. The van der Waals surface area contributed by atoms with Crippen molar-refractivity contribution in [1.82, 2.24) is 14.6 Å². The molecule has 0 aromatic carbocycles. The van der Waals surface area contributed by atoms with Crippen LogP contribution in [0.15, 0.2) is 18.3 Å². The summed E-state index contributed by atoms with van der Waals surface area (Å²) >= 11 is 5.99. The lowest BCUT2D eigenvalue weighted by atomic mass is 10.1. The Hall–Kier alpha value is -1.66. The van der Waals surface area contributed by atoms with Gasteiger partial charge in [0.15, 0.2) is 10.8 Å². The molecule has 0 bridgehead atoms. The second kappa shape index (κ2) is 4.07. The van der Waals surface area contributed by atoms with Gasteiger partial charge in [-0.1, -0.05) is 11.6 Å². The van der Waals surface area contributed by atoms with Crippen LogP contribution in [0.1, 0.15) is 11.6 Å². The van der Waals surface area contributed by atoms with Crippen molar-refractivity contribution in [3.8, 4) is 0 Å². The normalized spacial score (nSPS) is 12.9. The molecule has 2 aromatic rings. The fraction of sp³-hybridized carbons (Fsp3) is 0.222. The lowest BCUT2D eigenvalue weighted by Crippen LogP contribution is -2.21. The minimum absolute atomic E-state index is 0.0566. The van der Waals surface area contributed by atoms with E-state index in [0.717, 1.165) is 0 Å². The van der Waals surface area contributed by atoms with Crippen LogP contribution in [0.5, 0.6) is 0 Å². The van der Waals surface area contributed by atoms with Gasteiger partial charge in [-0.05, 0) is 12.1 Å². The van der Waals surface area contributed by atoms with Crippen LogP contribution in [-0.4, -0.2) is 32.2 Å². The van der Waals surface area contributed by atoms with E-state index in [-0.39, 0.29) is 17.4 Å². The van der Waals surface area contributed by atoms with E-state index in [1.54, 1.807) is 18.3 Å². The Labute approximate surface area is 95.7 Å². The Morgan fingerprint density at radius 2 is 2.44 bits per heavy atom. The summed E-state index contributed by atoms with van der Waals surface area (Å²) in [5, 5.41) is 13.1. The number of carboxylic acid groups (broad SMARTS) is 1. The van der Waals surface area contributed by atoms with Gasteiger partial charge in [-0.25, -0.2) is 9.50 Å². The molecule has 0 spiro atoms. The van der Waals surface area contributed by atoms with Crippen LogP contribution in [0.3, 0.4) is 0 Å². The lowest BCUT2D eigenvalue weighted by molar-refractivity contribution is -0.138. The number of imidazole rings is 1. The molecule has 1 atom stereocenters. The van der Waals surface area contributed by atoms with E-state index >= 15 is 0 Å². The highest BCUT2D eigenvalue weighted by atomic mass is 35.5. The Kier molecular flexibility index (Phi) is 2.76. The average molecular weight is 241 g/mol. The largest absolute Gasteiger partial charge is 0.481 e. The maximum absolute atomic E-state index is 11.0. The van der Waals surface area contributed by atoms with Gasteiger partial charge >= 0.3 is 5.97 Å². The van der Waals surface area contributed by atoms with Crippen molar-refractivity contribution >= 4 is 23.2 Å². The standard InChI is InChI=1S/C9H9ClN4O2/c10-8-7(5(4-11)9(15)16)13-6-2-1-3-12-14(6)8/h1-3,5H,4,11H2,(H,15,16). The molecule has 7 heteroatoms. The lowest BCUT2D eigenvalue weighted by Gasteiger charge is -2.05. The van der Waals surface area contributed by atoms with E-state index in [9.17, 15) is 4.79 Å². The summed E-state index contributed by atoms with van der Waals surface area (Å²) in [6.07, 6.45) is 1.54. The zero-order chi connectivity index (χ0) is 11.7. The summed E-state index contributed by atoms with van der Waals surface area (Å²) in [5.74, 6) is -1.96. The van der Waals surface area contributed by atoms with Crippen LogP contribution in [0.4, 0.5) is 0 Å². The first-order valence-electron chi connectivity index (χ1n) is 4.57. The molecule has 1 unspecified atom stereocenters. The van der Waals surface area contributed by atoms with Gasteiger partial charge in [-0.3, -0.25) is 4.79 Å². The molecular formula is C9H9ClN4O2. The molecule has 0 aliphatic carbocycles. The monoisotopic (exact) mass is 240 g/mol. The van der Waals surface area contributed by atoms with E-state index in [2.05, 4.69) is 10.1 Å². The van der Waals surface area contributed by atoms with Crippen LogP contribution in [0.25, 0.3) is 5.65 Å². The average Bonchev–Trinajstić information content (AvgIpc) is 2.58. The first-order chi connectivity index (χ1) is 7.65. The summed E-state index contributed by atoms with van der Waals surface area (Å²) in [4.78, 5) is 15.1. The predicted molar refractivity (Wildman–Crippen MR) is 57.4 cm³/mol. The van der Waals surface area contributed by atoms with Crippen molar-refractivity contribution in [3.05, 3.63) is 29.2 Å². The molecule has 0 radical (unpaired) electrons. The first-order valence-corrected chi connectivity index (χ1v) is 4.95.